The molecule has 0 radical (unpaired) electrons. The first-order valence-electron chi connectivity index (χ1n) is 7.22. The van der Waals surface area contributed by atoms with Crippen LogP contribution in [0.25, 0.3) is 0 Å². The van der Waals surface area contributed by atoms with Crippen molar-refractivity contribution in [2.75, 3.05) is 11.4 Å². The lowest BCUT2D eigenvalue weighted by atomic mass is 10.2. The quantitative estimate of drug-likeness (QED) is 0.818. The molecule has 0 aromatic carbocycles. The Morgan fingerprint density at radius 2 is 2.15 bits per heavy atom. The van der Waals surface area contributed by atoms with E-state index in [2.05, 4.69) is 28.7 Å². The Kier molecular flexibility index (Phi) is 3.96. The van der Waals surface area contributed by atoms with Crippen LogP contribution in [0.2, 0.25) is 0 Å². The van der Waals surface area contributed by atoms with Crippen LogP contribution >= 0.6 is 11.3 Å². The van der Waals surface area contributed by atoms with Crippen LogP contribution in [0.15, 0.2) is 23.8 Å². The van der Waals surface area contributed by atoms with Crippen molar-refractivity contribution in [1.82, 2.24) is 15.0 Å². The fourth-order valence-electron chi connectivity index (χ4n) is 2.29. The second-order valence-electron chi connectivity index (χ2n) is 5.51. The summed E-state index contributed by atoms with van der Waals surface area (Å²) >= 11 is 1.72. The molecule has 2 aromatic heterocycles. The molecular formula is C15H20N4S. The number of hydrogen-bond acceptors (Lipinski definition) is 5. The van der Waals surface area contributed by atoms with Gasteiger partial charge in [0.1, 0.15) is 11.6 Å². The molecular weight excluding hydrogens is 268 g/mol. The summed E-state index contributed by atoms with van der Waals surface area (Å²) in [6.07, 6.45) is 7.22. The van der Waals surface area contributed by atoms with Crippen molar-refractivity contribution >= 4 is 17.2 Å². The van der Waals surface area contributed by atoms with Gasteiger partial charge in [0, 0.05) is 42.7 Å². The highest BCUT2D eigenvalue weighted by Crippen LogP contribution is 2.38. The van der Waals surface area contributed by atoms with E-state index in [9.17, 15) is 0 Å². The van der Waals surface area contributed by atoms with Crippen LogP contribution in [-0.2, 0) is 6.42 Å². The van der Waals surface area contributed by atoms with Crippen molar-refractivity contribution in [3.63, 3.8) is 0 Å². The molecule has 106 valence electrons. The van der Waals surface area contributed by atoms with Crippen molar-refractivity contribution < 1.29 is 0 Å². The van der Waals surface area contributed by atoms with Gasteiger partial charge in [-0.2, -0.15) is 0 Å². The van der Waals surface area contributed by atoms with Gasteiger partial charge >= 0.3 is 0 Å². The predicted octanol–water partition coefficient (Wildman–Crippen LogP) is 3.27. The van der Waals surface area contributed by atoms with Crippen molar-refractivity contribution in [2.45, 2.75) is 45.1 Å². The molecule has 1 fully saturated rings. The highest BCUT2D eigenvalue weighted by Gasteiger charge is 2.27. The van der Waals surface area contributed by atoms with Crippen LogP contribution < -0.4 is 4.90 Å². The third-order valence-electron chi connectivity index (χ3n) is 3.57. The molecule has 0 bridgehead atoms. The second-order valence-corrected chi connectivity index (χ2v) is 6.49. The summed E-state index contributed by atoms with van der Waals surface area (Å²) in [5.74, 6) is 2.67. The molecule has 20 heavy (non-hydrogen) atoms. The Bertz CT molecular complexity index is 549. The molecule has 1 aliphatic rings. The summed E-state index contributed by atoms with van der Waals surface area (Å²) in [7, 11) is 0. The Morgan fingerprint density at radius 1 is 1.30 bits per heavy atom. The zero-order chi connectivity index (χ0) is 13.9. The van der Waals surface area contributed by atoms with E-state index in [1.807, 2.05) is 23.8 Å². The molecule has 5 heteroatoms. The number of anilines is 1. The molecule has 0 atom stereocenters. The van der Waals surface area contributed by atoms with Gasteiger partial charge in [0.25, 0.3) is 0 Å². The van der Waals surface area contributed by atoms with Crippen molar-refractivity contribution in [3.05, 3.63) is 34.7 Å². The van der Waals surface area contributed by atoms with E-state index in [-0.39, 0.29) is 0 Å². The summed E-state index contributed by atoms with van der Waals surface area (Å²) in [6.45, 7) is 5.37. The SMILES string of the molecule is CC(C)N(CCc1nccs1)c1ccnc(C2CC2)n1. The fourth-order valence-corrected chi connectivity index (χ4v) is 2.90. The van der Waals surface area contributed by atoms with Crippen LogP contribution in [0.3, 0.4) is 0 Å². The van der Waals surface area contributed by atoms with Crippen molar-refractivity contribution in [1.29, 1.82) is 0 Å². The molecule has 2 aromatic rings. The molecule has 4 nitrogen and oxygen atoms in total. The largest absolute Gasteiger partial charge is 0.354 e. The summed E-state index contributed by atoms with van der Waals surface area (Å²) in [6, 6.07) is 2.45. The highest BCUT2D eigenvalue weighted by molar-refractivity contribution is 7.09. The lowest BCUT2D eigenvalue weighted by Crippen LogP contribution is -2.33. The van der Waals surface area contributed by atoms with Gasteiger partial charge in [0.05, 0.1) is 5.01 Å². The zero-order valence-corrected chi connectivity index (χ0v) is 12.8. The minimum Gasteiger partial charge on any atom is -0.354 e. The van der Waals surface area contributed by atoms with E-state index in [1.54, 1.807) is 11.3 Å². The highest BCUT2D eigenvalue weighted by atomic mass is 32.1. The first-order valence-corrected chi connectivity index (χ1v) is 8.10. The molecule has 0 aliphatic heterocycles. The molecule has 0 N–H and O–H groups in total. The van der Waals surface area contributed by atoms with E-state index in [1.165, 1.54) is 17.8 Å². The Labute approximate surface area is 123 Å². The monoisotopic (exact) mass is 288 g/mol. The number of thiazole rings is 1. The average molecular weight is 288 g/mol. The summed E-state index contributed by atoms with van der Waals surface area (Å²) in [4.78, 5) is 15.9. The van der Waals surface area contributed by atoms with Gasteiger partial charge in [-0.1, -0.05) is 0 Å². The van der Waals surface area contributed by atoms with Gasteiger partial charge in [-0.05, 0) is 32.8 Å². The summed E-state index contributed by atoms with van der Waals surface area (Å²) < 4.78 is 0. The molecule has 2 heterocycles. The maximum atomic E-state index is 4.75. The lowest BCUT2D eigenvalue weighted by molar-refractivity contribution is 0.664. The van der Waals surface area contributed by atoms with Gasteiger partial charge in [0.2, 0.25) is 0 Å². The van der Waals surface area contributed by atoms with Crippen molar-refractivity contribution in [3.8, 4) is 0 Å². The van der Waals surface area contributed by atoms with Gasteiger partial charge in [-0.3, -0.25) is 0 Å². The first-order chi connectivity index (χ1) is 9.74. The molecule has 0 amide bonds. The molecule has 0 saturated heterocycles. The van der Waals surface area contributed by atoms with Crippen LogP contribution in [-0.4, -0.2) is 27.5 Å². The van der Waals surface area contributed by atoms with Crippen LogP contribution in [0.4, 0.5) is 5.82 Å². The Balaban J connectivity index is 1.73. The maximum Gasteiger partial charge on any atom is 0.133 e. The normalized spacial score (nSPS) is 14.8. The maximum absolute atomic E-state index is 4.75. The molecule has 0 spiro atoms. The number of rotatable bonds is 6. The van der Waals surface area contributed by atoms with Crippen LogP contribution in [0.5, 0.6) is 0 Å². The first kappa shape index (κ1) is 13.5. The minimum atomic E-state index is 0.428. The van der Waals surface area contributed by atoms with Gasteiger partial charge in [-0.25, -0.2) is 15.0 Å². The summed E-state index contributed by atoms with van der Waals surface area (Å²) in [5.41, 5.74) is 0. The van der Waals surface area contributed by atoms with Gasteiger partial charge in [-0.15, -0.1) is 11.3 Å². The third-order valence-corrected chi connectivity index (χ3v) is 4.41. The molecule has 1 saturated carbocycles. The molecule has 0 unspecified atom stereocenters. The van der Waals surface area contributed by atoms with Crippen LogP contribution in [0, 0.1) is 0 Å². The lowest BCUT2D eigenvalue weighted by Gasteiger charge is -2.27. The van der Waals surface area contributed by atoms with Crippen LogP contribution in [0.1, 0.15) is 43.4 Å². The smallest absolute Gasteiger partial charge is 0.133 e. The minimum absolute atomic E-state index is 0.428. The zero-order valence-electron chi connectivity index (χ0n) is 12.0. The average Bonchev–Trinajstić information content (AvgIpc) is 3.17. The third kappa shape index (κ3) is 3.15. The topological polar surface area (TPSA) is 41.9 Å². The van der Waals surface area contributed by atoms with Gasteiger partial charge < -0.3 is 4.90 Å². The number of nitrogens with zero attached hydrogens (tertiary/aromatic N) is 4. The van der Waals surface area contributed by atoms with E-state index in [4.69, 9.17) is 4.98 Å². The van der Waals surface area contributed by atoms with E-state index < -0.39 is 0 Å². The van der Waals surface area contributed by atoms with E-state index >= 15 is 0 Å². The van der Waals surface area contributed by atoms with E-state index in [0.717, 1.165) is 24.6 Å². The second kappa shape index (κ2) is 5.87. The Hall–Kier alpha value is -1.49. The number of aromatic nitrogens is 3. The van der Waals surface area contributed by atoms with Gasteiger partial charge in [0.15, 0.2) is 0 Å². The fraction of sp³-hybridized carbons (Fsp3) is 0.533. The summed E-state index contributed by atoms with van der Waals surface area (Å²) in [5, 5.41) is 3.22. The van der Waals surface area contributed by atoms with E-state index in [0.29, 0.717) is 12.0 Å². The predicted molar refractivity (Wildman–Crippen MR) is 82.3 cm³/mol. The number of hydrogen-bond donors (Lipinski definition) is 0. The Morgan fingerprint density at radius 3 is 2.80 bits per heavy atom. The standard InChI is InChI=1S/C15H20N4S/c1-11(2)19(9-6-14-16-8-10-20-14)13-5-7-17-15(18-13)12-3-4-12/h5,7-8,10-12H,3-4,6,9H2,1-2H3. The molecule has 1 aliphatic carbocycles. The van der Waals surface area contributed by atoms with Crippen molar-refractivity contribution in [2.24, 2.45) is 0 Å². The molecule has 3 rings (SSSR count).